The van der Waals surface area contributed by atoms with Gasteiger partial charge in [-0.3, -0.25) is 4.79 Å². The van der Waals surface area contributed by atoms with Crippen molar-refractivity contribution in [2.24, 2.45) is 0 Å². The van der Waals surface area contributed by atoms with Gasteiger partial charge in [0.1, 0.15) is 0 Å². The van der Waals surface area contributed by atoms with Crippen molar-refractivity contribution in [1.29, 1.82) is 0 Å². The van der Waals surface area contributed by atoms with Gasteiger partial charge >= 0.3 is 6.09 Å². The molecule has 5 nitrogen and oxygen atoms in total. The lowest BCUT2D eigenvalue weighted by molar-refractivity contribution is -0.114. The molecule has 5 heteroatoms. The van der Waals surface area contributed by atoms with Crippen LogP contribution in [0.25, 0.3) is 17.0 Å². The summed E-state index contributed by atoms with van der Waals surface area (Å²) in [6.45, 7) is 2.72. The number of carbonyl (C=O) groups is 2. The molecule has 2 N–H and O–H groups in total. The van der Waals surface area contributed by atoms with E-state index in [4.69, 9.17) is 4.74 Å². The SMILES string of the molecule is CCCCOC(=O)NCCC(=O)C=Cc1c[nH]c2ccccc12. The topological polar surface area (TPSA) is 71.2 Å². The lowest BCUT2D eigenvalue weighted by Crippen LogP contribution is -2.26. The number of carbonyl (C=O) groups excluding carboxylic acids is 2. The number of allylic oxidation sites excluding steroid dienone is 1. The van der Waals surface area contributed by atoms with E-state index in [9.17, 15) is 9.59 Å². The number of H-pyrrole nitrogens is 1. The summed E-state index contributed by atoms with van der Waals surface area (Å²) in [5.41, 5.74) is 2.01. The molecule has 1 amide bonds. The van der Waals surface area contributed by atoms with Crippen LogP contribution >= 0.6 is 0 Å². The molecular formula is C18H22N2O3. The highest BCUT2D eigenvalue weighted by molar-refractivity contribution is 5.97. The number of hydrogen-bond donors (Lipinski definition) is 2. The van der Waals surface area contributed by atoms with E-state index in [0.29, 0.717) is 6.61 Å². The molecule has 1 heterocycles. The Kier molecular flexibility index (Phi) is 6.41. The fourth-order valence-corrected chi connectivity index (χ4v) is 2.15. The van der Waals surface area contributed by atoms with E-state index < -0.39 is 6.09 Å². The number of aromatic nitrogens is 1. The lowest BCUT2D eigenvalue weighted by Gasteiger charge is -2.04. The minimum Gasteiger partial charge on any atom is -0.450 e. The Morgan fingerprint density at radius 2 is 2.13 bits per heavy atom. The minimum absolute atomic E-state index is 0.0378. The molecular weight excluding hydrogens is 292 g/mol. The summed E-state index contributed by atoms with van der Waals surface area (Å²) in [6.07, 6.45) is 6.82. The fourth-order valence-electron chi connectivity index (χ4n) is 2.15. The number of fused-ring (bicyclic) bond motifs is 1. The first kappa shape index (κ1) is 16.8. The standard InChI is InChI=1S/C18H22N2O3/c1-2-3-12-23-18(22)19-11-10-15(21)9-8-14-13-20-17-7-5-4-6-16(14)17/h4-9,13,20H,2-3,10-12H2,1H3,(H,19,22). The van der Waals surface area contributed by atoms with Crippen molar-refractivity contribution in [2.75, 3.05) is 13.2 Å². The average molecular weight is 314 g/mol. The number of ether oxygens (including phenoxy) is 1. The highest BCUT2D eigenvalue weighted by Crippen LogP contribution is 2.18. The molecule has 0 aliphatic carbocycles. The zero-order valence-corrected chi connectivity index (χ0v) is 13.3. The highest BCUT2D eigenvalue weighted by atomic mass is 16.5. The van der Waals surface area contributed by atoms with E-state index in [0.717, 1.165) is 29.3 Å². The third-order valence-electron chi connectivity index (χ3n) is 3.44. The van der Waals surface area contributed by atoms with Crippen molar-refractivity contribution in [3.63, 3.8) is 0 Å². The molecule has 0 saturated carbocycles. The maximum atomic E-state index is 11.8. The third kappa shape index (κ3) is 5.29. The second-order valence-corrected chi connectivity index (χ2v) is 5.26. The summed E-state index contributed by atoms with van der Waals surface area (Å²) in [5.74, 6) is -0.0378. The van der Waals surface area contributed by atoms with Crippen LogP contribution in [-0.2, 0) is 9.53 Å². The van der Waals surface area contributed by atoms with Crippen molar-refractivity contribution >= 4 is 28.9 Å². The monoisotopic (exact) mass is 314 g/mol. The van der Waals surface area contributed by atoms with E-state index in [1.807, 2.05) is 37.4 Å². The van der Waals surface area contributed by atoms with Gasteiger partial charge in [-0.05, 0) is 30.2 Å². The van der Waals surface area contributed by atoms with E-state index in [1.54, 1.807) is 12.2 Å². The molecule has 122 valence electrons. The van der Waals surface area contributed by atoms with Crippen molar-refractivity contribution < 1.29 is 14.3 Å². The van der Waals surface area contributed by atoms with Gasteiger partial charge < -0.3 is 15.0 Å². The fraction of sp³-hybridized carbons (Fsp3) is 0.333. The molecule has 0 unspecified atom stereocenters. The Morgan fingerprint density at radius 1 is 1.30 bits per heavy atom. The van der Waals surface area contributed by atoms with E-state index in [1.165, 1.54) is 0 Å². The van der Waals surface area contributed by atoms with Crippen molar-refractivity contribution in [1.82, 2.24) is 10.3 Å². The summed E-state index contributed by atoms with van der Waals surface area (Å²) in [7, 11) is 0. The summed E-state index contributed by atoms with van der Waals surface area (Å²) < 4.78 is 4.95. The molecule has 0 saturated heterocycles. The quantitative estimate of drug-likeness (QED) is 0.577. The Morgan fingerprint density at radius 3 is 2.96 bits per heavy atom. The molecule has 1 aromatic carbocycles. The zero-order chi connectivity index (χ0) is 16.5. The number of unbranched alkanes of at least 4 members (excludes halogenated alkanes) is 1. The maximum Gasteiger partial charge on any atom is 0.407 e. The van der Waals surface area contributed by atoms with Gasteiger partial charge in [-0.1, -0.05) is 31.5 Å². The number of amides is 1. The first-order valence-corrected chi connectivity index (χ1v) is 7.88. The van der Waals surface area contributed by atoms with Crippen molar-refractivity contribution in [3.05, 3.63) is 42.1 Å². The van der Waals surface area contributed by atoms with Gasteiger partial charge in [0.2, 0.25) is 0 Å². The van der Waals surface area contributed by atoms with Crippen LogP contribution in [-0.4, -0.2) is 30.0 Å². The number of aromatic amines is 1. The van der Waals surface area contributed by atoms with Crippen LogP contribution in [0.3, 0.4) is 0 Å². The molecule has 2 rings (SSSR count). The van der Waals surface area contributed by atoms with E-state index in [2.05, 4.69) is 10.3 Å². The molecule has 0 spiro atoms. The third-order valence-corrected chi connectivity index (χ3v) is 3.44. The predicted molar refractivity (Wildman–Crippen MR) is 91.2 cm³/mol. The molecule has 1 aromatic heterocycles. The number of ketones is 1. The van der Waals surface area contributed by atoms with Gasteiger partial charge in [-0.15, -0.1) is 0 Å². The smallest absolute Gasteiger partial charge is 0.407 e. The van der Waals surface area contributed by atoms with Gasteiger partial charge in [0.15, 0.2) is 5.78 Å². The van der Waals surface area contributed by atoms with E-state index >= 15 is 0 Å². The number of benzene rings is 1. The van der Waals surface area contributed by atoms with Gasteiger partial charge in [-0.2, -0.15) is 0 Å². The van der Waals surface area contributed by atoms with Crippen LogP contribution in [0.5, 0.6) is 0 Å². The number of nitrogens with one attached hydrogen (secondary N) is 2. The Bertz CT molecular complexity index is 688. The Balaban J connectivity index is 1.75. The maximum absolute atomic E-state index is 11.8. The molecule has 0 bridgehead atoms. The van der Waals surface area contributed by atoms with Crippen LogP contribution < -0.4 is 5.32 Å². The Labute approximate surface area is 135 Å². The zero-order valence-electron chi connectivity index (χ0n) is 13.3. The number of hydrogen-bond acceptors (Lipinski definition) is 3. The van der Waals surface area contributed by atoms with Crippen LogP contribution in [0.1, 0.15) is 31.7 Å². The van der Waals surface area contributed by atoms with Crippen LogP contribution in [0.2, 0.25) is 0 Å². The lowest BCUT2D eigenvalue weighted by atomic mass is 10.1. The number of rotatable bonds is 8. The summed E-state index contributed by atoms with van der Waals surface area (Å²) in [5, 5.41) is 3.65. The molecule has 0 aliphatic rings. The largest absolute Gasteiger partial charge is 0.450 e. The van der Waals surface area contributed by atoms with Crippen LogP contribution in [0.4, 0.5) is 4.79 Å². The summed E-state index contributed by atoms with van der Waals surface area (Å²) >= 11 is 0. The van der Waals surface area contributed by atoms with Crippen molar-refractivity contribution in [3.8, 4) is 0 Å². The first-order valence-electron chi connectivity index (χ1n) is 7.88. The molecule has 0 fully saturated rings. The normalized spacial score (nSPS) is 11.0. The second kappa shape index (κ2) is 8.78. The van der Waals surface area contributed by atoms with Crippen molar-refractivity contribution in [2.45, 2.75) is 26.2 Å². The van der Waals surface area contributed by atoms with Gasteiger partial charge in [0.25, 0.3) is 0 Å². The molecule has 0 atom stereocenters. The number of para-hydroxylation sites is 1. The second-order valence-electron chi connectivity index (χ2n) is 5.26. The van der Waals surface area contributed by atoms with Crippen LogP contribution in [0, 0.1) is 0 Å². The summed E-state index contributed by atoms with van der Waals surface area (Å²) in [6, 6.07) is 7.92. The highest BCUT2D eigenvalue weighted by Gasteiger charge is 2.03. The summed E-state index contributed by atoms with van der Waals surface area (Å²) in [4.78, 5) is 26.3. The minimum atomic E-state index is -0.466. The first-order chi connectivity index (χ1) is 11.2. The van der Waals surface area contributed by atoms with Gasteiger partial charge in [0.05, 0.1) is 6.61 Å². The average Bonchev–Trinajstić information content (AvgIpc) is 2.96. The van der Waals surface area contributed by atoms with E-state index in [-0.39, 0.29) is 18.7 Å². The molecule has 0 radical (unpaired) electrons. The predicted octanol–water partition coefficient (Wildman–Crippen LogP) is 3.67. The van der Waals surface area contributed by atoms with Gasteiger partial charge in [-0.25, -0.2) is 4.79 Å². The molecule has 23 heavy (non-hydrogen) atoms. The van der Waals surface area contributed by atoms with Gasteiger partial charge in [0, 0.05) is 30.1 Å². The number of alkyl carbamates (subject to hydrolysis) is 1. The Hall–Kier alpha value is -2.56. The van der Waals surface area contributed by atoms with Crippen LogP contribution in [0.15, 0.2) is 36.5 Å². The molecule has 2 aromatic rings. The molecule has 0 aliphatic heterocycles.